The van der Waals surface area contributed by atoms with Crippen molar-refractivity contribution in [3.63, 3.8) is 0 Å². The van der Waals surface area contributed by atoms with Crippen molar-refractivity contribution in [2.45, 2.75) is 45.7 Å². The van der Waals surface area contributed by atoms with Gasteiger partial charge in [0.25, 0.3) is 5.91 Å². The predicted octanol–water partition coefficient (Wildman–Crippen LogP) is 2.12. The van der Waals surface area contributed by atoms with Gasteiger partial charge < -0.3 is 21.1 Å². The van der Waals surface area contributed by atoms with Crippen LogP contribution >= 0.6 is 12.4 Å². The summed E-state index contributed by atoms with van der Waals surface area (Å²) in [4.78, 5) is 24.9. The van der Waals surface area contributed by atoms with E-state index in [0.717, 1.165) is 12.8 Å². The minimum Gasteiger partial charge on any atom is -0.494 e. The number of nitrogens with one attached hydrogen (secondary N) is 2. The SMILES string of the molecule is CCOc1ccc(C(=O)NC(C(=O)NCC(N)C2CC2)C(C)C)cc1.Cl. The zero-order valence-corrected chi connectivity index (χ0v) is 16.5. The zero-order chi connectivity index (χ0) is 18.4. The van der Waals surface area contributed by atoms with E-state index in [-0.39, 0.29) is 36.2 Å². The second-order valence-corrected chi connectivity index (χ2v) is 6.90. The van der Waals surface area contributed by atoms with Gasteiger partial charge in [0.15, 0.2) is 0 Å². The summed E-state index contributed by atoms with van der Waals surface area (Å²) in [6.07, 6.45) is 2.28. The van der Waals surface area contributed by atoms with E-state index in [1.165, 1.54) is 0 Å². The van der Waals surface area contributed by atoms with Crippen molar-refractivity contribution in [2.75, 3.05) is 13.2 Å². The summed E-state index contributed by atoms with van der Waals surface area (Å²) >= 11 is 0. The van der Waals surface area contributed by atoms with Gasteiger partial charge in [0.1, 0.15) is 11.8 Å². The summed E-state index contributed by atoms with van der Waals surface area (Å²) in [5.74, 6) is 0.750. The molecule has 26 heavy (non-hydrogen) atoms. The van der Waals surface area contributed by atoms with Crippen LogP contribution in [-0.4, -0.2) is 37.0 Å². The van der Waals surface area contributed by atoms with Crippen molar-refractivity contribution < 1.29 is 14.3 Å². The van der Waals surface area contributed by atoms with Crippen LogP contribution in [0.2, 0.25) is 0 Å². The molecule has 0 spiro atoms. The molecule has 1 aliphatic rings. The van der Waals surface area contributed by atoms with E-state index < -0.39 is 6.04 Å². The second kappa shape index (κ2) is 10.4. The number of nitrogens with two attached hydrogens (primary N) is 1. The van der Waals surface area contributed by atoms with Crippen LogP contribution in [-0.2, 0) is 4.79 Å². The highest BCUT2D eigenvalue weighted by molar-refractivity contribution is 5.97. The number of amides is 2. The van der Waals surface area contributed by atoms with Crippen molar-refractivity contribution in [3.05, 3.63) is 29.8 Å². The average molecular weight is 384 g/mol. The van der Waals surface area contributed by atoms with Crippen molar-refractivity contribution in [3.8, 4) is 5.75 Å². The van der Waals surface area contributed by atoms with Crippen molar-refractivity contribution in [1.29, 1.82) is 0 Å². The number of benzene rings is 1. The standard InChI is InChI=1S/C19H29N3O3.ClH/c1-4-25-15-9-7-14(8-10-15)18(23)22-17(12(2)3)19(24)21-11-16(20)13-5-6-13;/h7-10,12-13,16-17H,4-6,11,20H2,1-3H3,(H,21,24)(H,22,23);1H. The van der Waals surface area contributed by atoms with Crippen molar-refractivity contribution in [2.24, 2.45) is 17.6 Å². The maximum Gasteiger partial charge on any atom is 0.251 e. The molecule has 0 radical (unpaired) electrons. The molecule has 1 aliphatic carbocycles. The molecule has 0 aromatic heterocycles. The van der Waals surface area contributed by atoms with Crippen LogP contribution in [0.1, 0.15) is 44.0 Å². The molecule has 1 fully saturated rings. The third kappa shape index (κ3) is 6.50. The molecule has 2 amide bonds. The van der Waals surface area contributed by atoms with Gasteiger partial charge in [0.05, 0.1) is 6.61 Å². The van der Waals surface area contributed by atoms with Gasteiger partial charge in [-0.05, 0) is 55.9 Å². The van der Waals surface area contributed by atoms with E-state index >= 15 is 0 Å². The lowest BCUT2D eigenvalue weighted by molar-refractivity contribution is -0.124. The van der Waals surface area contributed by atoms with Crippen molar-refractivity contribution >= 4 is 24.2 Å². The van der Waals surface area contributed by atoms with E-state index in [1.807, 2.05) is 20.8 Å². The van der Waals surface area contributed by atoms with Crippen LogP contribution in [0, 0.1) is 11.8 Å². The summed E-state index contributed by atoms with van der Waals surface area (Å²) in [6.45, 7) is 6.74. The van der Waals surface area contributed by atoms with Crippen molar-refractivity contribution in [1.82, 2.24) is 10.6 Å². The molecule has 1 aromatic carbocycles. The Kier molecular flexibility index (Phi) is 8.88. The van der Waals surface area contributed by atoms with Crippen LogP contribution < -0.4 is 21.1 Å². The Hall–Kier alpha value is -1.79. The first-order valence-corrected chi connectivity index (χ1v) is 8.99. The maximum atomic E-state index is 12.4. The Labute approximate surface area is 161 Å². The predicted molar refractivity (Wildman–Crippen MR) is 105 cm³/mol. The molecule has 6 nitrogen and oxygen atoms in total. The first-order chi connectivity index (χ1) is 11.9. The molecule has 0 bridgehead atoms. The highest BCUT2D eigenvalue weighted by atomic mass is 35.5. The molecule has 4 N–H and O–H groups in total. The Bertz CT molecular complexity index is 588. The monoisotopic (exact) mass is 383 g/mol. The van der Waals surface area contributed by atoms with E-state index in [1.54, 1.807) is 24.3 Å². The highest BCUT2D eigenvalue weighted by Gasteiger charge is 2.30. The molecule has 1 saturated carbocycles. The molecule has 146 valence electrons. The molecule has 7 heteroatoms. The van der Waals surface area contributed by atoms with E-state index in [2.05, 4.69) is 10.6 Å². The van der Waals surface area contributed by atoms with Gasteiger partial charge in [-0.2, -0.15) is 0 Å². The average Bonchev–Trinajstić information content (AvgIpc) is 3.42. The largest absolute Gasteiger partial charge is 0.494 e. The Morgan fingerprint density at radius 1 is 1.23 bits per heavy atom. The maximum absolute atomic E-state index is 12.4. The molecule has 1 aromatic rings. The molecule has 0 heterocycles. The topological polar surface area (TPSA) is 93.4 Å². The van der Waals surface area contributed by atoms with Crippen LogP contribution in [0.25, 0.3) is 0 Å². The van der Waals surface area contributed by atoms with Crippen LogP contribution in [0.3, 0.4) is 0 Å². The summed E-state index contributed by atoms with van der Waals surface area (Å²) in [5, 5.41) is 5.69. The fraction of sp³-hybridized carbons (Fsp3) is 0.579. The number of carbonyl (C=O) groups is 2. The molecule has 0 aliphatic heterocycles. The van der Waals surface area contributed by atoms with Gasteiger partial charge in [0.2, 0.25) is 5.91 Å². The summed E-state index contributed by atoms with van der Waals surface area (Å²) in [7, 11) is 0. The number of rotatable bonds is 9. The van der Waals surface area contributed by atoms with Gasteiger partial charge in [-0.3, -0.25) is 9.59 Å². The first kappa shape index (κ1) is 22.3. The third-order valence-corrected chi connectivity index (χ3v) is 4.40. The third-order valence-electron chi connectivity index (χ3n) is 4.40. The van der Waals surface area contributed by atoms with Gasteiger partial charge in [-0.1, -0.05) is 13.8 Å². The zero-order valence-electron chi connectivity index (χ0n) is 15.7. The molecular weight excluding hydrogens is 354 g/mol. The fourth-order valence-corrected chi connectivity index (χ4v) is 2.65. The summed E-state index contributed by atoms with van der Waals surface area (Å²) in [6, 6.07) is 6.29. The quantitative estimate of drug-likeness (QED) is 0.608. The van der Waals surface area contributed by atoms with Crippen LogP contribution in [0.5, 0.6) is 5.75 Å². The summed E-state index contributed by atoms with van der Waals surface area (Å²) in [5.41, 5.74) is 6.52. The Morgan fingerprint density at radius 3 is 2.35 bits per heavy atom. The minimum atomic E-state index is -0.592. The number of halogens is 1. The highest BCUT2D eigenvalue weighted by Crippen LogP contribution is 2.31. The van der Waals surface area contributed by atoms with E-state index in [4.69, 9.17) is 10.5 Å². The van der Waals surface area contributed by atoms with E-state index in [9.17, 15) is 9.59 Å². The fourth-order valence-electron chi connectivity index (χ4n) is 2.65. The van der Waals surface area contributed by atoms with Gasteiger partial charge in [0, 0.05) is 18.2 Å². The lowest BCUT2D eigenvalue weighted by Crippen LogP contribution is -2.52. The smallest absolute Gasteiger partial charge is 0.251 e. The van der Waals surface area contributed by atoms with Gasteiger partial charge >= 0.3 is 0 Å². The Balaban J connectivity index is 0.00000338. The Morgan fingerprint density at radius 2 is 1.85 bits per heavy atom. The van der Waals surface area contributed by atoms with Gasteiger partial charge in [-0.25, -0.2) is 0 Å². The lowest BCUT2D eigenvalue weighted by atomic mass is 10.0. The number of hydrogen-bond acceptors (Lipinski definition) is 4. The molecular formula is C19H30ClN3O3. The second-order valence-electron chi connectivity index (χ2n) is 6.90. The number of carbonyl (C=O) groups excluding carboxylic acids is 2. The molecule has 2 unspecified atom stereocenters. The van der Waals surface area contributed by atoms with Gasteiger partial charge in [-0.15, -0.1) is 12.4 Å². The molecule has 2 atom stereocenters. The minimum absolute atomic E-state index is 0. The van der Waals surface area contributed by atoms with E-state index in [0.29, 0.717) is 30.4 Å². The van der Waals surface area contributed by atoms with Crippen LogP contribution in [0.4, 0.5) is 0 Å². The molecule has 2 rings (SSSR count). The lowest BCUT2D eigenvalue weighted by Gasteiger charge is -2.23. The normalized spacial score (nSPS) is 15.6. The summed E-state index contributed by atoms with van der Waals surface area (Å²) < 4.78 is 5.37. The first-order valence-electron chi connectivity index (χ1n) is 8.99. The molecule has 0 saturated heterocycles. The number of ether oxygens (including phenoxy) is 1. The van der Waals surface area contributed by atoms with Crippen LogP contribution in [0.15, 0.2) is 24.3 Å². The number of hydrogen-bond donors (Lipinski definition) is 3.